The van der Waals surface area contributed by atoms with Gasteiger partial charge in [-0.1, -0.05) is 0 Å². The molecular weight excluding hydrogens is 258 g/mol. The van der Waals surface area contributed by atoms with E-state index in [2.05, 4.69) is 10.6 Å². The first kappa shape index (κ1) is 14.3. The van der Waals surface area contributed by atoms with E-state index in [1.54, 1.807) is 13.1 Å². The van der Waals surface area contributed by atoms with Crippen molar-refractivity contribution < 1.29 is 14.3 Å². The first-order chi connectivity index (χ1) is 9.44. The van der Waals surface area contributed by atoms with Gasteiger partial charge in [0.2, 0.25) is 5.91 Å². The molecule has 1 aromatic carbocycles. The van der Waals surface area contributed by atoms with Crippen molar-refractivity contribution in [3.63, 3.8) is 0 Å². The zero-order valence-electron chi connectivity index (χ0n) is 12.1. The van der Waals surface area contributed by atoms with Crippen molar-refractivity contribution in [3.05, 3.63) is 12.1 Å². The highest BCUT2D eigenvalue weighted by molar-refractivity contribution is 5.82. The predicted octanol–water partition coefficient (Wildman–Crippen LogP) is 1.22. The van der Waals surface area contributed by atoms with Crippen LogP contribution in [0.4, 0.5) is 11.4 Å². The summed E-state index contributed by atoms with van der Waals surface area (Å²) in [4.78, 5) is 11.7. The molecule has 0 saturated carbocycles. The van der Waals surface area contributed by atoms with Gasteiger partial charge in [-0.3, -0.25) is 4.79 Å². The second kappa shape index (κ2) is 5.48. The number of nitrogens with two attached hydrogens (primary N) is 1. The van der Waals surface area contributed by atoms with Crippen molar-refractivity contribution in [1.82, 2.24) is 5.32 Å². The summed E-state index contributed by atoms with van der Waals surface area (Å²) >= 11 is 0. The fourth-order valence-corrected chi connectivity index (χ4v) is 1.99. The van der Waals surface area contributed by atoms with Crippen LogP contribution in [0.25, 0.3) is 0 Å². The number of rotatable bonds is 4. The summed E-state index contributed by atoms with van der Waals surface area (Å²) in [6, 6.07) is 3.55. The average molecular weight is 279 g/mol. The van der Waals surface area contributed by atoms with E-state index in [-0.39, 0.29) is 5.91 Å². The van der Waals surface area contributed by atoms with Gasteiger partial charge in [0.25, 0.3) is 0 Å². The molecule has 2 rings (SSSR count). The molecule has 20 heavy (non-hydrogen) atoms. The molecule has 1 aliphatic rings. The topological polar surface area (TPSA) is 85.6 Å². The number of nitrogen functional groups attached to an aromatic ring is 1. The zero-order valence-corrected chi connectivity index (χ0v) is 12.1. The van der Waals surface area contributed by atoms with E-state index < -0.39 is 5.41 Å². The van der Waals surface area contributed by atoms with Gasteiger partial charge in [0.1, 0.15) is 13.2 Å². The summed E-state index contributed by atoms with van der Waals surface area (Å²) in [6.45, 7) is 5.26. The minimum atomic E-state index is -0.533. The second-order valence-corrected chi connectivity index (χ2v) is 5.40. The molecule has 0 fully saturated rings. The molecule has 0 radical (unpaired) electrons. The Bertz CT molecular complexity index is 515. The van der Waals surface area contributed by atoms with Crippen LogP contribution in [-0.2, 0) is 4.79 Å². The average Bonchev–Trinajstić information content (AvgIpc) is 2.44. The van der Waals surface area contributed by atoms with Crippen LogP contribution in [-0.4, -0.2) is 32.7 Å². The summed E-state index contributed by atoms with van der Waals surface area (Å²) in [5.74, 6) is 1.30. The summed E-state index contributed by atoms with van der Waals surface area (Å²) < 4.78 is 11.0. The van der Waals surface area contributed by atoms with Gasteiger partial charge in [-0.25, -0.2) is 0 Å². The number of carbonyl (C=O) groups is 1. The molecule has 1 aliphatic heterocycles. The molecule has 0 aliphatic carbocycles. The SMILES string of the molecule is CNC(=O)C(C)(C)CNc1cc2c(cc1N)OCCO2. The number of hydrogen-bond acceptors (Lipinski definition) is 5. The van der Waals surface area contributed by atoms with Gasteiger partial charge in [-0.15, -0.1) is 0 Å². The van der Waals surface area contributed by atoms with E-state index in [1.165, 1.54) is 0 Å². The van der Waals surface area contributed by atoms with Crippen molar-refractivity contribution in [2.24, 2.45) is 5.41 Å². The summed E-state index contributed by atoms with van der Waals surface area (Å²) in [5.41, 5.74) is 6.76. The molecule has 0 bridgehead atoms. The van der Waals surface area contributed by atoms with Gasteiger partial charge in [-0.2, -0.15) is 0 Å². The first-order valence-corrected chi connectivity index (χ1v) is 6.59. The lowest BCUT2D eigenvalue weighted by atomic mass is 9.92. The molecule has 6 heteroatoms. The number of carbonyl (C=O) groups excluding carboxylic acids is 1. The molecule has 0 atom stereocenters. The molecule has 0 saturated heterocycles. The number of fused-ring (bicyclic) bond motifs is 1. The predicted molar refractivity (Wildman–Crippen MR) is 78.2 cm³/mol. The molecule has 0 unspecified atom stereocenters. The largest absolute Gasteiger partial charge is 0.486 e. The summed E-state index contributed by atoms with van der Waals surface area (Å²) in [7, 11) is 1.63. The molecule has 110 valence electrons. The number of nitrogens with one attached hydrogen (secondary N) is 2. The third-order valence-corrected chi connectivity index (χ3v) is 3.28. The molecule has 6 nitrogen and oxygen atoms in total. The third kappa shape index (κ3) is 2.89. The van der Waals surface area contributed by atoms with Crippen LogP contribution in [0.15, 0.2) is 12.1 Å². The Hall–Kier alpha value is -2.11. The number of amides is 1. The van der Waals surface area contributed by atoms with E-state index in [9.17, 15) is 4.79 Å². The van der Waals surface area contributed by atoms with Gasteiger partial charge in [0, 0.05) is 25.7 Å². The monoisotopic (exact) mass is 279 g/mol. The number of ether oxygens (including phenoxy) is 2. The van der Waals surface area contributed by atoms with Gasteiger partial charge in [0.15, 0.2) is 11.5 Å². The Kier molecular flexibility index (Phi) is 3.92. The second-order valence-electron chi connectivity index (χ2n) is 5.40. The lowest BCUT2D eigenvalue weighted by Gasteiger charge is -2.25. The standard InChI is InChI=1S/C14H21N3O3/c1-14(2,13(18)16-3)8-17-10-7-12-11(6-9(10)15)19-4-5-20-12/h6-7,17H,4-5,8,15H2,1-3H3,(H,16,18). The highest BCUT2D eigenvalue weighted by Gasteiger charge is 2.26. The van der Waals surface area contributed by atoms with E-state index in [0.717, 1.165) is 5.69 Å². The Morgan fingerprint density at radius 2 is 1.90 bits per heavy atom. The maximum Gasteiger partial charge on any atom is 0.227 e. The lowest BCUT2D eigenvalue weighted by Crippen LogP contribution is -2.39. The minimum Gasteiger partial charge on any atom is -0.486 e. The Morgan fingerprint density at radius 3 is 2.50 bits per heavy atom. The maximum atomic E-state index is 11.7. The summed E-state index contributed by atoms with van der Waals surface area (Å²) in [6.07, 6.45) is 0. The van der Waals surface area contributed by atoms with E-state index in [1.807, 2.05) is 19.9 Å². The van der Waals surface area contributed by atoms with Crippen molar-refractivity contribution in [1.29, 1.82) is 0 Å². The van der Waals surface area contributed by atoms with Gasteiger partial charge in [-0.05, 0) is 13.8 Å². The number of benzene rings is 1. The molecule has 1 amide bonds. The Morgan fingerprint density at radius 1 is 1.30 bits per heavy atom. The lowest BCUT2D eigenvalue weighted by molar-refractivity contribution is -0.128. The highest BCUT2D eigenvalue weighted by Crippen LogP contribution is 2.37. The van der Waals surface area contributed by atoms with Crippen molar-refractivity contribution >= 4 is 17.3 Å². The van der Waals surface area contributed by atoms with Crippen LogP contribution < -0.4 is 25.8 Å². The molecule has 0 aromatic heterocycles. The molecule has 0 spiro atoms. The van der Waals surface area contributed by atoms with Crippen molar-refractivity contribution in [2.45, 2.75) is 13.8 Å². The van der Waals surface area contributed by atoms with Crippen LogP contribution in [0, 0.1) is 5.41 Å². The Labute approximate surface area is 118 Å². The Balaban J connectivity index is 2.12. The van der Waals surface area contributed by atoms with Crippen LogP contribution >= 0.6 is 0 Å². The first-order valence-electron chi connectivity index (χ1n) is 6.59. The molecule has 1 heterocycles. The van der Waals surface area contributed by atoms with E-state index >= 15 is 0 Å². The fourth-order valence-electron chi connectivity index (χ4n) is 1.99. The highest BCUT2D eigenvalue weighted by atomic mass is 16.6. The smallest absolute Gasteiger partial charge is 0.227 e. The van der Waals surface area contributed by atoms with Crippen molar-refractivity contribution in [3.8, 4) is 11.5 Å². The molecule has 4 N–H and O–H groups in total. The maximum absolute atomic E-state index is 11.7. The molecular formula is C14H21N3O3. The van der Waals surface area contributed by atoms with Gasteiger partial charge >= 0.3 is 0 Å². The number of anilines is 2. The number of hydrogen-bond donors (Lipinski definition) is 3. The van der Waals surface area contributed by atoms with Gasteiger partial charge in [0.05, 0.1) is 16.8 Å². The quantitative estimate of drug-likeness (QED) is 0.722. The van der Waals surface area contributed by atoms with Gasteiger partial charge < -0.3 is 25.8 Å². The minimum absolute atomic E-state index is 0.0267. The van der Waals surface area contributed by atoms with Crippen LogP contribution in [0.1, 0.15) is 13.8 Å². The third-order valence-electron chi connectivity index (χ3n) is 3.28. The fraction of sp³-hybridized carbons (Fsp3) is 0.500. The van der Waals surface area contributed by atoms with Crippen LogP contribution in [0.3, 0.4) is 0 Å². The molecule has 1 aromatic rings. The normalized spacial score (nSPS) is 13.8. The van der Waals surface area contributed by atoms with E-state index in [0.29, 0.717) is 36.9 Å². The van der Waals surface area contributed by atoms with Crippen molar-refractivity contribution in [2.75, 3.05) is 37.9 Å². The van der Waals surface area contributed by atoms with Crippen LogP contribution in [0.5, 0.6) is 11.5 Å². The van der Waals surface area contributed by atoms with E-state index in [4.69, 9.17) is 15.2 Å². The summed E-state index contributed by atoms with van der Waals surface area (Å²) in [5, 5.41) is 5.85. The zero-order chi connectivity index (χ0) is 14.8. The van der Waals surface area contributed by atoms with Crippen LogP contribution in [0.2, 0.25) is 0 Å².